The van der Waals surface area contributed by atoms with Crippen LogP contribution in [0.4, 0.5) is 0 Å². The van der Waals surface area contributed by atoms with Gasteiger partial charge in [0.1, 0.15) is 0 Å². The Bertz CT molecular complexity index is 618. The Labute approximate surface area is 122 Å². The Hall–Kier alpha value is -2.25. The van der Waals surface area contributed by atoms with Crippen LogP contribution in [-0.4, -0.2) is 41.1 Å². The van der Waals surface area contributed by atoms with Gasteiger partial charge in [-0.1, -0.05) is 20.3 Å². The van der Waals surface area contributed by atoms with Crippen molar-refractivity contribution in [3.63, 3.8) is 0 Å². The lowest BCUT2D eigenvalue weighted by molar-refractivity contribution is -0.138. The average Bonchev–Trinajstić information content (AvgIpc) is 3.03. The summed E-state index contributed by atoms with van der Waals surface area (Å²) in [6.45, 7) is 4.03. The van der Waals surface area contributed by atoms with Gasteiger partial charge in [-0.2, -0.15) is 5.10 Å². The van der Waals surface area contributed by atoms with Gasteiger partial charge in [0.05, 0.1) is 23.7 Å². The van der Waals surface area contributed by atoms with Gasteiger partial charge in [-0.15, -0.1) is 5.10 Å². The summed E-state index contributed by atoms with van der Waals surface area (Å²) in [5, 5.41) is 25.3. The third-order valence-corrected chi connectivity index (χ3v) is 3.35. The van der Waals surface area contributed by atoms with Crippen LogP contribution < -0.4 is 0 Å². The van der Waals surface area contributed by atoms with Crippen LogP contribution in [0.3, 0.4) is 0 Å². The van der Waals surface area contributed by atoms with Crippen molar-refractivity contribution in [2.24, 2.45) is 7.05 Å². The molecule has 0 aliphatic rings. The summed E-state index contributed by atoms with van der Waals surface area (Å²) in [4.78, 5) is 11.1. The molecule has 1 unspecified atom stereocenters. The average molecular weight is 292 g/mol. The van der Waals surface area contributed by atoms with E-state index in [-0.39, 0.29) is 12.5 Å². The molecule has 0 aliphatic heterocycles. The van der Waals surface area contributed by atoms with Gasteiger partial charge in [0.15, 0.2) is 5.82 Å². The fourth-order valence-corrected chi connectivity index (χ4v) is 2.44. The molecule has 1 N–H and O–H groups in total. The predicted octanol–water partition coefficient (Wildman–Crippen LogP) is 1.45. The van der Waals surface area contributed by atoms with Crippen molar-refractivity contribution >= 4 is 5.97 Å². The van der Waals surface area contributed by atoms with Gasteiger partial charge in [0.25, 0.3) is 0 Å². The predicted molar refractivity (Wildman–Crippen MR) is 75.6 cm³/mol. The lowest BCUT2D eigenvalue weighted by atomic mass is 10.1. The summed E-state index contributed by atoms with van der Waals surface area (Å²) < 4.78 is 3.34. The number of carboxylic acid groups (broad SMARTS) is 1. The molecule has 0 radical (unpaired) electrons. The summed E-state index contributed by atoms with van der Waals surface area (Å²) in [6, 6.07) is -0.248. The van der Waals surface area contributed by atoms with Crippen LogP contribution in [0, 0.1) is 0 Å². The molecule has 0 bridgehead atoms. The first kappa shape index (κ1) is 15.1. The van der Waals surface area contributed by atoms with E-state index >= 15 is 0 Å². The highest BCUT2D eigenvalue weighted by Crippen LogP contribution is 2.26. The van der Waals surface area contributed by atoms with E-state index in [0.717, 1.165) is 24.1 Å². The molecule has 2 heterocycles. The minimum Gasteiger partial charge on any atom is -0.481 e. The third-order valence-electron chi connectivity index (χ3n) is 3.35. The molecule has 0 amide bonds. The highest BCUT2D eigenvalue weighted by atomic mass is 16.4. The van der Waals surface area contributed by atoms with Crippen LogP contribution in [0.1, 0.15) is 44.8 Å². The first-order valence-electron chi connectivity index (χ1n) is 7.09. The van der Waals surface area contributed by atoms with Gasteiger partial charge in [0.2, 0.25) is 0 Å². The number of rotatable bonds is 7. The van der Waals surface area contributed by atoms with E-state index in [1.165, 1.54) is 0 Å². The van der Waals surface area contributed by atoms with Gasteiger partial charge in [-0.25, -0.2) is 4.68 Å². The second-order valence-corrected chi connectivity index (χ2v) is 5.00. The molecular weight excluding hydrogens is 272 g/mol. The van der Waals surface area contributed by atoms with Crippen molar-refractivity contribution in [3.05, 3.63) is 11.9 Å². The highest BCUT2D eigenvalue weighted by molar-refractivity contribution is 5.67. The van der Waals surface area contributed by atoms with Crippen LogP contribution in [0.5, 0.6) is 0 Å². The SMILES string of the molecule is CCCC(CC(=O)O)n1nnnc1-c1cn(C)nc1CC. The Morgan fingerprint density at radius 3 is 2.81 bits per heavy atom. The largest absolute Gasteiger partial charge is 0.481 e. The quantitative estimate of drug-likeness (QED) is 0.829. The standard InChI is InChI=1S/C13H20N6O2/c1-4-6-9(7-12(20)21)19-13(14-16-17-19)10-8-18(3)15-11(10)5-2/h8-9H,4-7H2,1-3H3,(H,20,21). The van der Waals surface area contributed by atoms with Crippen molar-refractivity contribution < 1.29 is 9.90 Å². The van der Waals surface area contributed by atoms with Crippen molar-refractivity contribution in [1.82, 2.24) is 30.0 Å². The smallest absolute Gasteiger partial charge is 0.305 e. The topological polar surface area (TPSA) is 98.7 Å². The first-order chi connectivity index (χ1) is 10.1. The summed E-state index contributed by atoms with van der Waals surface area (Å²) in [7, 11) is 1.84. The second-order valence-electron chi connectivity index (χ2n) is 5.00. The molecule has 0 saturated carbocycles. The fraction of sp³-hybridized carbons (Fsp3) is 0.615. The van der Waals surface area contributed by atoms with E-state index < -0.39 is 5.97 Å². The number of tetrazole rings is 1. The van der Waals surface area contributed by atoms with E-state index in [1.807, 2.05) is 27.1 Å². The van der Waals surface area contributed by atoms with Crippen LogP contribution >= 0.6 is 0 Å². The van der Waals surface area contributed by atoms with Gasteiger partial charge in [-0.3, -0.25) is 9.48 Å². The number of nitrogens with zero attached hydrogens (tertiary/aromatic N) is 6. The van der Waals surface area contributed by atoms with Crippen molar-refractivity contribution in [3.8, 4) is 11.4 Å². The lowest BCUT2D eigenvalue weighted by Crippen LogP contribution is -2.16. The number of carbonyl (C=O) groups is 1. The minimum absolute atomic E-state index is 0.00754. The Kier molecular flexibility index (Phi) is 4.66. The van der Waals surface area contributed by atoms with Gasteiger partial charge in [-0.05, 0) is 23.3 Å². The maximum Gasteiger partial charge on any atom is 0.305 e. The van der Waals surface area contributed by atoms with Crippen LogP contribution in [0.2, 0.25) is 0 Å². The zero-order valence-electron chi connectivity index (χ0n) is 12.5. The fourth-order valence-electron chi connectivity index (χ4n) is 2.44. The Morgan fingerprint density at radius 1 is 1.43 bits per heavy atom. The number of carboxylic acids is 1. The number of aromatic nitrogens is 6. The molecule has 0 aromatic carbocycles. The summed E-state index contributed by atoms with van der Waals surface area (Å²) in [6.07, 6.45) is 4.22. The Morgan fingerprint density at radius 2 is 2.19 bits per heavy atom. The molecule has 2 aromatic rings. The number of aryl methyl sites for hydroxylation is 2. The van der Waals surface area contributed by atoms with Crippen LogP contribution in [0.15, 0.2) is 6.20 Å². The van der Waals surface area contributed by atoms with E-state index in [9.17, 15) is 4.79 Å². The minimum atomic E-state index is -0.850. The van der Waals surface area contributed by atoms with E-state index in [2.05, 4.69) is 20.6 Å². The number of hydrogen-bond donors (Lipinski definition) is 1. The molecule has 21 heavy (non-hydrogen) atoms. The summed E-state index contributed by atoms with van der Waals surface area (Å²) in [5.74, 6) is -0.267. The number of aliphatic carboxylic acids is 1. The number of hydrogen-bond acceptors (Lipinski definition) is 5. The lowest BCUT2D eigenvalue weighted by Gasteiger charge is -2.15. The van der Waals surface area contributed by atoms with Crippen molar-refractivity contribution in [2.75, 3.05) is 0 Å². The molecule has 8 nitrogen and oxygen atoms in total. The molecule has 1 atom stereocenters. The monoisotopic (exact) mass is 292 g/mol. The van der Waals surface area contributed by atoms with E-state index in [0.29, 0.717) is 12.2 Å². The zero-order valence-corrected chi connectivity index (χ0v) is 12.5. The molecule has 0 fully saturated rings. The van der Waals surface area contributed by atoms with Gasteiger partial charge in [0, 0.05) is 13.2 Å². The highest BCUT2D eigenvalue weighted by Gasteiger charge is 2.23. The zero-order chi connectivity index (χ0) is 15.4. The normalized spacial score (nSPS) is 12.5. The first-order valence-corrected chi connectivity index (χ1v) is 7.09. The van der Waals surface area contributed by atoms with Gasteiger partial charge < -0.3 is 5.11 Å². The Balaban J connectivity index is 2.42. The summed E-state index contributed by atoms with van der Waals surface area (Å²) in [5.41, 5.74) is 1.76. The van der Waals surface area contributed by atoms with E-state index in [1.54, 1.807) is 9.36 Å². The van der Waals surface area contributed by atoms with E-state index in [4.69, 9.17) is 5.11 Å². The maximum absolute atomic E-state index is 11.1. The molecule has 0 aliphatic carbocycles. The summed E-state index contributed by atoms with van der Waals surface area (Å²) >= 11 is 0. The maximum atomic E-state index is 11.1. The van der Waals surface area contributed by atoms with Crippen molar-refractivity contribution in [2.45, 2.75) is 45.6 Å². The molecule has 8 heteroatoms. The molecule has 114 valence electrons. The molecular formula is C13H20N6O2. The second kappa shape index (κ2) is 6.47. The molecule has 2 aromatic heterocycles. The van der Waals surface area contributed by atoms with Gasteiger partial charge >= 0.3 is 5.97 Å². The van der Waals surface area contributed by atoms with Crippen LogP contribution in [0.25, 0.3) is 11.4 Å². The third kappa shape index (κ3) is 3.26. The van der Waals surface area contributed by atoms with Crippen LogP contribution in [-0.2, 0) is 18.3 Å². The molecule has 2 rings (SSSR count). The molecule has 0 saturated heterocycles. The molecule has 0 spiro atoms. The van der Waals surface area contributed by atoms with Crippen molar-refractivity contribution in [1.29, 1.82) is 0 Å².